The van der Waals surface area contributed by atoms with Crippen molar-refractivity contribution in [3.63, 3.8) is 0 Å². The van der Waals surface area contributed by atoms with Gasteiger partial charge in [-0.25, -0.2) is 8.51 Å². The summed E-state index contributed by atoms with van der Waals surface area (Å²) >= 11 is 0. The summed E-state index contributed by atoms with van der Waals surface area (Å²) in [6.45, 7) is 20.3. The van der Waals surface area contributed by atoms with Crippen LogP contribution in [0.15, 0.2) is 54.6 Å². The second-order valence-electron chi connectivity index (χ2n) is 11.0. The molecule has 0 aliphatic rings. The van der Waals surface area contributed by atoms with Crippen molar-refractivity contribution in [2.24, 2.45) is 0 Å². The number of hydrogen-bond donors (Lipinski definition) is 0. The highest BCUT2D eigenvalue weighted by molar-refractivity contribution is 7.84. The largest absolute Gasteiger partial charge is 0.242 e. The molecule has 0 heterocycles. The minimum absolute atomic E-state index is 0.0582. The Morgan fingerprint density at radius 3 is 1.70 bits per heavy atom. The van der Waals surface area contributed by atoms with Gasteiger partial charge in [-0.3, -0.25) is 0 Å². The average molecular weight is 446 g/mol. The van der Waals surface area contributed by atoms with E-state index in [0.717, 1.165) is 0 Å². The Morgan fingerprint density at radius 1 is 0.767 bits per heavy atom. The van der Waals surface area contributed by atoms with Crippen LogP contribution in [0.5, 0.6) is 0 Å². The van der Waals surface area contributed by atoms with E-state index < -0.39 is 18.9 Å². The molecule has 0 N–H and O–H groups in total. The van der Waals surface area contributed by atoms with Gasteiger partial charge >= 0.3 is 0 Å². The van der Waals surface area contributed by atoms with Gasteiger partial charge in [-0.2, -0.15) is 0 Å². The third-order valence-corrected chi connectivity index (χ3v) is 10.4. The number of benzene rings is 2. The number of hydrogen-bond acceptors (Lipinski definition) is 1. The monoisotopic (exact) mass is 445 g/mol. The molecule has 0 amide bonds. The van der Waals surface area contributed by atoms with Gasteiger partial charge in [0.25, 0.3) is 0 Å². The summed E-state index contributed by atoms with van der Waals surface area (Å²) in [4.78, 5) is 0. The Hall–Kier alpha value is -1.02. The molecule has 2 rings (SSSR count). The van der Waals surface area contributed by atoms with Gasteiger partial charge in [0.1, 0.15) is 11.0 Å². The maximum Gasteiger partial charge on any atom is 0.100 e. The fourth-order valence-electron chi connectivity index (χ4n) is 4.40. The maximum atomic E-state index is 13.5. The van der Waals surface area contributed by atoms with Crippen LogP contribution in [0.3, 0.4) is 0 Å². The molecular weight excluding hydrogens is 405 g/mol. The van der Waals surface area contributed by atoms with Gasteiger partial charge in [-0.1, -0.05) is 104 Å². The third kappa shape index (κ3) is 5.81. The summed E-state index contributed by atoms with van der Waals surface area (Å²) in [7, 11) is 0.391. The van der Waals surface area contributed by atoms with Crippen LogP contribution in [0.25, 0.3) is 0 Å². The first kappa shape index (κ1) is 25.2. The molecule has 30 heavy (non-hydrogen) atoms. The van der Waals surface area contributed by atoms with Crippen LogP contribution in [-0.2, 0) is 11.0 Å². The van der Waals surface area contributed by atoms with E-state index in [2.05, 4.69) is 94.4 Å². The standard InChI is InChI=1S/C26H40NOPS/c1-24(2,3)29(25(4,5)6)22-19-15-14-18-21(22)23(20-16-12-11-13-17-20)27(10)30(28)26(7,8)9/h11-19,23H,1-10H3/t23-,30+/m0/s1. The van der Waals surface area contributed by atoms with E-state index in [1.54, 1.807) is 0 Å². The van der Waals surface area contributed by atoms with E-state index in [-0.39, 0.29) is 21.1 Å². The first-order valence-corrected chi connectivity index (χ1v) is 13.2. The predicted molar refractivity (Wildman–Crippen MR) is 136 cm³/mol. The summed E-state index contributed by atoms with van der Waals surface area (Å²) in [5.41, 5.74) is 2.46. The SMILES string of the molecule is CN([C@@H](c1ccccc1)c1ccccc1P(C(C)(C)C)C(C)(C)C)[S@](=O)C(C)(C)C. The molecule has 166 valence electrons. The second-order valence-corrected chi connectivity index (χ2v) is 17.1. The zero-order chi connectivity index (χ0) is 22.9. The van der Waals surface area contributed by atoms with Crippen molar-refractivity contribution in [2.75, 3.05) is 7.05 Å². The van der Waals surface area contributed by atoms with E-state index in [4.69, 9.17) is 0 Å². The summed E-state index contributed by atoms with van der Waals surface area (Å²) in [5.74, 6) is 0. The van der Waals surface area contributed by atoms with E-state index >= 15 is 0 Å². The molecule has 0 saturated heterocycles. The Labute approximate surface area is 188 Å². The Morgan fingerprint density at radius 2 is 1.23 bits per heavy atom. The van der Waals surface area contributed by atoms with Crippen LogP contribution in [0.2, 0.25) is 0 Å². The minimum Gasteiger partial charge on any atom is -0.242 e. The highest BCUT2D eigenvalue weighted by atomic mass is 32.2. The van der Waals surface area contributed by atoms with Crippen LogP contribution in [-0.4, -0.2) is 30.6 Å². The first-order valence-electron chi connectivity index (χ1n) is 10.7. The molecule has 2 atom stereocenters. The van der Waals surface area contributed by atoms with Crippen LogP contribution < -0.4 is 5.30 Å². The second kappa shape index (κ2) is 9.23. The molecular formula is C26H40NOPS. The molecule has 0 aliphatic carbocycles. The number of rotatable bonds is 5. The molecule has 0 saturated carbocycles. The molecule has 0 aliphatic heterocycles. The van der Waals surface area contributed by atoms with Crippen molar-refractivity contribution in [3.05, 3.63) is 65.7 Å². The normalized spacial score (nSPS) is 15.5. The zero-order valence-electron chi connectivity index (χ0n) is 20.5. The lowest BCUT2D eigenvalue weighted by Gasteiger charge is -2.44. The summed E-state index contributed by atoms with van der Waals surface area (Å²) in [5, 5.41) is 1.73. The van der Waals surface area contributed by atoms with E-state index in [1.807, 2.05) is 33.9 Å². The van der Waals surface area contributed by atoms with E-state index in [1.165, 1.54) is 16.4 Å². The van der Waals surface area contributed by atoms with E-state index in [9.17, 15) is 4.21 Å². The van der Waals surface area contributed by atoms with Gasteiger partial charge in [0, 0.05) is 7.05 Å². The van der Waals surface area contributed by atoms with Gasteiger partial charge in [-0.15, -0.1) is 0 Å². The van der Waals surface area contributed by atoms with Crippen molar-refractivity contribution in [1.82, 2.24) is 4.31 Å². The Kier molecular flexibility index (Phi) is 7.76. The summed E-state index contributed by atoms with van der Waals surface area (Å²) in [6.07, 6.45) is 0. The zero-order valence-corrected chi connectivity index (χ0v) is 22.2. The molecule has 2 aromatic carbocycles. The van der Waals surface area contributed by atoms with Crippen molar-refractivity contribution in [1.29, 1.82) is 0 Å². The third-order valence-electron chi connectivity index (χ3n) is 5.08. The van der Waals surface area contributed by atoms with Crippen LogP contribution in [0, 0.1) is 0 Å². The van der Waals surface area contributed by atoms with Gasteiger partial charge in [0.05, 0.1) is 10.8 Å². The van der Waals surface area contributed by atoms with Crippen LogP contribution in [0.4, 0.5) is 0 Å². The van der Waals surface area contributed by atoms with Crippen molar-refractivity contribution in [2.45, 2.75) is 83.4 Å². The Bertz CT molecular complexity index is 845. The molecule has 0 fully saturated rings. The van der Waals surface area contributed by atoms with Gasteiger partial charge in [0.2, 0.25) is 0 Å². The van der Waals surface area contributed by atoms with E-state index in [0.29, 0.717) is 0 Å². The lowest BCUT2D eigenvalue weighted by Crippen LogP contribution is -2.40. The van der Waals surface area contributed by atoms with Crippen molar-refractivity contribution in [3.8, 4) is 0 Å². The molecule has 0 bridgehead atoms. The average Bonchev–Trinajstić information content (AvgIpc) is 2.60. The van der Waals surface area contributed by atoms with Crippen LogP contribution in [0.1, 0.15) is 79.5 Å². The molecule has 0 unspecified atom stereocenters. The van der Waals surface area contributed by atoms with Gasteiger partial charge in [0.15, 0.2) is 0 Å². The molecule has 2 nitrogen and oxygen atoms in total. The summed E-state index contributed by atoms with van der Waals surface area (Å²) < 4.78 is 15.2. The molecule has 2 aromatic rings. The molecule has 0 radical (unpaired) electrons. The van der Waals surface area contributed by atoms with Crippen molar-refractivity contribution < 1.29 is 4.21 Å². The number of nitrogens with zero attached hydrogens (tertiary/aromatic N) is 1. The molecule has 4 heteroatoms. The summed E-state index contributed by atoms with van der Waals surface area (Å²) in [6, 6.07) is 19.3. The smallest absolute Gasteiger partial charge is 0.100 e. The van der Waals surface area contributed by atoms with Crippen molar-refractivity contribution >= 4 is 24.2 Å². The quantitative estimate of drug-likeness (QED) is 0.460. The van der Waals surface area contributed by atoms with Gasteiger partial charge in [-0.05, 0) is 47.5 Å². The minimum atomic E-state index is -1.14. The lowest BCUT2D eigenvalue weighted by molar-refractivity contribution is 0.441. The fraction of sp³-hybridized carbons (Fsp3) is 0.538. The lowest BCUT2D eigenvalue weighted by atomic mass is 9.99. The first-order chi connectivity index (χ1) is 13.7. The highest BCUT2D eigenvalue weighted by Gasteiger charge is 2.39. The molecule has 0 aromatic heterocycles. The molecule has 0 spiro atoms. The van der Waals surface area contributed by atoms with Crippen LogP contribution >= 0.6 is 7.92 Å². The Balaban J connectivity index is 2.77. The topological polar surface area (TPSA) is 20.3 Å². The highest BCUT2D eigenvalue weighted by Crippen LogP contribution is 2.59. The van der Waals surface area contributed by atoms with Gasteiger partial charge < -0.3 is 0 Å². The predicted octanol–water partition coefficient (Wildman–Crippen LogP) is 6.87. The maximum absolute atomic E-state index is 13.5. The fourth-order valence-corrected chi connectivity index (χ4v) is 9.84.